The zero-order chi connectivity index (χ0) is 32.5. The Labute approximate surface area is 328 Å². The number of rotatable bonds is 0. The van der Waals surface area contributed by atoms with E-state index in [2.05, 4.69) is 0 Å². The van der Waals surface area contributed by atoms with Gasteiger partial charge in [0.2, 0.25) is 0 Å². The Morgan fingerprint density at radius 2 is 0.195 bits per heavy atom. The third-order valence-corrected chi connectivity index (χ3v) is 0. The van der Waals surface area contributed by atoms with Crippen LogP contribution in [0.5, 0.6) is 0 Å². The van der Waals surface area contributed by atoms with Crippen molar-refractivity contribution in [2.75, 3.05) is 0 Å². The van der Waals surface area contributed by atoms with Crippen molar-refractivity contribution in [3.05, 3.63) is 121 Å². The molecule has 36 nitrogen and oxygen atoms in total. The first-order valence-corrected chi connectivity index (χ1v) is 4.38. The molecular weight excluding hydrogens is 790 g/mol. The van der Waals surface area contributed by atoms with Crippen molar-refractivity contribution in [2.24, 2.45) is 64.1 Å². The predicted molar refractivity (Wildman–Crippen MR) is 127 cm³/mol. The minimum atomic E-state index is 0. The van der Waals surface area contributed by atoms with E-state index in [9.17, 15) is 0 Å². The van der Waals surface area contributed by atoms with Gasteiger partial charge in [-0.05, 0) is 0 Å². The molecule has 0 amide bonds. The summed E-state index contributed by atoms with van der Waals surface area (Å²) in [6, 6.07) is 0. The molecule has 0 bridgehead atoms. The second kappa shape index (κ2) is 547. The van der Waals surface area contributed by atoms with Crippen molar-refractivity contribution in [1.29, 1.82) is 0 Å². The van der Waals surface area contributed by atoms with Crippen LogP contribution in [-0.2, 0) is 33.6 Å². The molecule has 0 aliphatic carbocycles. The summed E-state index contributed by atoms with van der Waals surface area (Å²) in [5.74, 6) is 0. The molecule has 0 unspecified atom stereocenters. The summed E-state index contributed by atoms with van der Waals surface area (Å²) in [4.78, 5) is 96.0. The second-order valence-electron chi connectivity index (χ2n) is 0.894. The second-order valence-corrected chi connectivity index (χ2v) is 0.894. The van der Waals surface area contributed by atoms with Gasteiger partial charge in [0.15, 0.2) is 0 Å². The van der Waals surface area contributed by atoms with Gasteiger partial charge in [0.05, 0.1) is 0 Å². The quantitative estimate of drug-likeness (QED) is 0.192. The fourth-order valence-corrected chi connectivity index (χ4v) is 0. The summed E-state index contributed by atoms with van der Waals surface area (Å²) in [5.41, 5.74) is 0. The molecule has 0 aromatic rings. The first-order valence-electron chi connectivity index (χ1n) is 4.38. The van der Waals surface area contributed by atoms with Crippen molar-refractivity contribution in [3.63, 3.8) is 0 Å². The van der Waals surface area contributed by atoms with Gasteiger partial charge in [0.25, 0.3) is 0 Å². The molecule has 0 aliphatic heterocycles. The fourth-order valence-electron chi connectivity index (χ4n) is 0. The molecule has 234 valence electrons. The predicted octanol–water partition coefficient (Wildman–Crippen LogP) is 1.86. The van der Waals surface area contributed by atoms with Gasteiger partial charge in [-0.2, -0.15) is 0 Å². The van der Waals surface area contributed by atoms with Crippen LogP contribution in [-0.4, -0.2) is 113 Å². The SMILES string of the molecule is O=N[O-].O=N[O-].O=N[O-].O=N[O-].O=N[O-].O=N[O-].O=N[O-].O=N[O-].O=N[O-].O=N[O-].O=N[O-].O=N[O-].[Ca+2].[Ca+2].[Ca+2].[Co].[Co]. The third kappa shape index (κ3) is 8210. The summed E-state index contributed by atoms with van der Waals surface area (Å²) in [6.45, 7) is 0. The first-order chi connectivity index (χ1) is 17.0. The zero-order valence-electron chi connectivity index (χ0n) is 18.0. The van der Waals surface area contributed by atoms with Gasteiger partial charge >= 0.3 is 113 Å². The maximum atomic E-state index is 8.00. The maximum absolute atomic E-state index is 8.00. The third-order valence-electron chi connectivity index (χ3n) is 0. The van der Waals surface area contributed by atoms with Crippen LogP contribution in [0.3, 0.4) is 0 Å². The van der Waals surface area contributed by atoms with Crippen molar-refractivity contribution >= 4 is 113 Å². The number of nitrogens with zero attached hydrogens (tertiary/aromatic N) is 12. The molecular formula is Ca3Co2N12O24-6. The molecule has 0 fully saturated rings. The van der Waals surface area contributed by atoms with Gasteiger partial charge < -0.3 is 121 Å². The molecule has 0 heterocycles. The van der Waals surface area contributed by atoms with E-state index in [1.807, 2.05) is 0 Å². The Morgan fingerprint density at radius 1 is 0.195 bits per heavy atom. The Morgan fingerprint density at radius 3 is 0.195 bits per heavy atom. The Bertz CT molecular complexity index is 279. The van der Waals surface area contributed by atoms with Crippen LogP contribution in [0, 0.1) is 121 Å². The van der Waals surface area contributed by atoms with Gasteiger partial charge in [0.1, 0.15) is 0 Å². The molecule has 0 saturated heterocycles. The molecule has 0 spiro atoms. The molecule has 0 rings (SSSR count). The average molecular weight is 790 g/mol. The minimum absolute atomic E-state index is 0. The van der Waals surface area contributed by atoms with Gasteiger partial charge in [-0.3, -0.25) is 0 Å². The van der Waals surface area contributed by atoms with Gasteiger partial charge in [-0.25, -0.2) is 0 Å². The minimum Gasteiger partial charge on any atom is -0.444 e. The standard InChI is InChI=1S/3Ca.2Co.12HNO2/c;;;;;12*2-1-3/h;;;;;12*(H,2,3)/q3*+2;;;;;;;;;;;;;;/p-12. The summed E-state index contributed by atoms with van der Waals surface area (Å²) < 4.78 is 0. The van der Waals surface area contributed by atoms with Crippen LogP contribution in [0.25, 0.3) is 0 Å². The summed E-state index contributed by atoms with van der Waals surface area (Å²) in [6.07, 6.45) is 0. The molecule has 0 saturated carbocycles. The van der Waals surface area contributed by atoms with Crippen LogP contribution in [0.1, 0.15) is 0 Å². The maximum Gasteiger partial charge on any atom is 2.00 e. The Balaban J connectivity index is -0.0000000101. The molecule has 0 aromatic heterocycles. The summed E-state index contributed by atoms with van der Waals surface area (Å²) in [5, 5.41) is 108. The molecule has 0 atom stereocenters. The Kier molecular flexibility index (Phi) is 1560. The van der Waals surface area contributed by atoms with Gasteiger partial charge in [-0.15, -0.1) is 64.1 Å². The smallest absolute Gasteiger partial charge is 0.444 e. The molecule has 41 heteroatoms. The molecule has 2 radical (unpaired) electrons. The van der Waals surface area contributed by atoms with Crippen LogP contribution in [0.15, 0.2) is 64.1 Å². The van der Waals surface area contributed by atoms with Gasteiger partial charge in [-0.1, -0.05) is 0 Å². The van der Waals surface area contributed by atoms with Gasteiger partial charge in [0, 0.05) is 33.6 Å². The van der Waals surface area contributed by atoms with E-state index in [0.29, 0.717) is 0 Å². The van der Waals surface area contributed by atoms with E-state index in [0.717, 1.165) is 64.1 Å². The summed E-state index contributed by atoms with van der Waals surface area (Å²) >= 11 is 0. The van der Waals surface area contributed by atoms with Crippen LogP contribution < -0.4 is 0 Å². The monoisotopic (exact) mass is 790 g/mol. The van der Waals surface area contributed by atoms with E-state index >= 15 is 0 Å². The fraction of sp³-hybridized carbons (Fsp3) is 0. The van der Waals surface area contributed by atoms with E-state index < -0.39 is 0 Å². The average Bonchev–Trinajstić information content (AvgIpc) is 2.75. The number of hydrogen-bond donors (Lipinski definition) is 0. The van der Waals surface area contributed by atoms with Crippen LogP contribution >= 0.6 is 0 Å². The van der Waals surface area contributed by atoms with E-state index in [1.165, 1.54) is 0 Å². The first kappa shape index (κ1) is 117. The molecule has 41 heavy (non-hydrogen) atoms. The molecule has 0 N–H and O–H groups in total. The topological polar surface area (TPSA) is 630 Å². The van der Waals surface area contributed by atoms with Crippen molar-refractivity contribution in [1.82, 2.24) is 0 Å². The normalized spacial score (nSPS) is 3.51. The van der Waals surface area contributed by atoms with E-state index in [-0.39, 0.29) is 147 Å². The molecule has 0 aromatic carbocycles. The summed E-state index contributed by atoms with van der Waals surface area (Å²) in [7, 11) is 0. The zero-order valence-corrected chi connectivity index (χ0v) is 26.7. The van der Waals surface area contributed by atoms with E-state index in [4.69, 9.17) is 121 Å². The van der Waals surface area contributed by atoms with Crippen molar-refractivity contribution < 1.29 is 33.6 Å². The molecule has 0 aliphatic rings. The van der Waals surface area contributed by atoms with Crippen LogP contribution in [0.2, 0.25) is 0 Å². The van der Waals surface area contributed by atoms with Crippen LogP contribution in [0.4, 0.5) is 0 Å². The van der Waals surface area contributed by atoms with Crippen molar-refractivity contribution in [2.45, 2.75) is 0 Å². The van der Waals surface area contributed by atoms with Crippen molar-refractivity contribution in [3.8, 4) is 0 Å². The number of hydrogen-bond acceptors (Lipinski definition) is 36. The Hall–Kier alpha value is -2.41. The van der Waals surface area contributed by atoms with E-state index in [1.54, 1.807) is 0 Å². The largest absolute Gasteiger partial charge is 2.00 e.